The maximum atomic E-state index is 13.6. The van der Waals surface area contributed by atoms with Crippen LogP contribution < -0.4 is 5.32 Å². The van der Waals surface area contributed by atoms with Crippen LogP contribution in [-0.4, -0.2) is 52.2 Å². The van der Waals surface area contributed by atoms with Crippen molar-refractivity contribution in [2.75, 3.05) is 12.3 Å². The van der Waals surface area contributed by atoms with Gasteiger partial charge in [-0.1, -0.05) is 91.0 Å². The van der Waals surface area contributed by atoms with Crippen LogP contribution in [0.2, 0.25) is 0 Å². The number of carbonyl (C=O) groups excluding carboxylic acids is 2. The molecule has 3 aromatic carbocycles. The van der Waals surface area contributed by atoms with Gasteiger partial charge in [-0.15, -0.1) is 11.8 Å². The van der Waals surface area contributed by atoms with E-state index < -0.39 is 22.8 Å². The molecule has 1 fully saturated rings. The van der Waals surface area contributed by atoms with Gasteiger partial charge in [0.25, 0.3) is 0 Å². The molecule has 1 aliphatic heterocycles. The zero-order valence-corrected chi connectivity index (χ0v) is 21.0. The zero-order chi connectivity index (χ0) is 25.5. The van der Waals surface area contributed by atoms with Crippen molar-refractivity contribution in [3.63, 3.8) is 0 Å². The fourth-order valence-electron chi connectivity index (χ4n) is 4.88. The lowest BCUT2D eigenvalue weighted by Gasteiger charge is -2.37. The maximum Gasteiger partial charge on any atom is 0.326 e. The van der Waals surface area contributed by atoms with Crippen molar-refractivity contribution in [2.24, 2.45) is 0 Å². The second-order valence-electron chi connectivity index (χ2n) is 8.87. The van der Waals surface area contributed by atoms with Gasteiger partial charge in [0.05, 0.1) is 4.75 Å². The van der Waals surface area contributed by atoms with E-state index in [1.807, 2.05) is 54.6 Å². The number of amides is 2. The van der Waals surface area contributed by atoms with Crippen molar-refractivity contribution in [1.29, 1.82) is 0 Å². The minimum absolute atomic E-state index is 0.264. The Morgan fingerprint density at radius 1 is 0.917 bits per heavy atom. The number of carbonyl (C=O) groups is 3. The number of thioether (sulfide) groups is 1. The molecule has 186 valence electrons. The third-order valence-corrected chi connectivity index (χ3v) is 8.14. The van der Waals surface area contributed by atoms with Crippen LogP contribution in [0.4, 0.5) is 0 Å². The first-order valence-corrected chi connectivity index (χ1v) is 13.0. The lowest BCUT2D eigenvalue weighted by molar-refractivity contribution is -0.149. The molecule has 4 rings (SSSR count). The third-order valence-electron chi connectivity index (χ3n) is 6.50. The van der Waals surface area contributed by atoms with Crippen molar-refractivity contribution < 1.29 is 19.5 Å². The number of nitrogens with zero attached hydrogens (tertiary/aromatic N) is 1. The summed E-state index contributed by atoms with van der Waals surface area (Å²) in [5.41, 5.74) is 3.14. The lowest BCUT2D eigenvalue weighted by atomic mass is 9.84. The van der Waals surface area contributed by atoms with Crippen LogP contribution in [0.25, 0.3) is 0 Å². The molecule has 0 bridgehead atoms. The number of hydrogen-bond acceptors (Lipinski definition) is 4. The molecule has 0 radical (unpaired) electrons. The molecule has 2 atom stereocenters. The summed E-state index contributed by atoms with van der Waals surface area (Å²) in [5, 5.41) is 12.4. The predicted octanol–water partition coefficient (Wildman–Crippen LogP) is 4.29. The van der Waals surface area contributed by atoms with Gasteiger partial charge in [-0.3, -0.25) is 9.59 Å². The molecule has 2 amide bonds. The van der Waals surface area contributed by atoms with E-state index in [4.69, 9.17) is 0 Å². The molecule has 2 N–H and O–H groups in total. The summed E-state index contributed by atoms with van der Waals surface area (Å²) >= 11 is 1.57. The van der Waals surface area contributed by atoms with Gasteiger partial charge in [0.15, 0.2) is 0 Å². The number of benzene rings is 3. The Labute approximate surface area is 215 Å². The van der Waals surface area contributed by atoms with Gasteiger partial charge in [-0.2, -0.15) is 0 Å². The summed E-state index contributed by atoms with van der Waals surface area (Å²) in [4.78, 5) is 38.8. The fourth-order valence-corrected chi connectivity index (χ4v) is 6.44. The van der Waals surface area contributed by atoms with E-state index in [1.54, 1.807) is 11.8 Å². The molecule has 3 aromatic rings. The highest BCUT2D eigenvalue weighted by molar-refractivity contribution is 8.00. The van der Waals surface area contributed by atoms with Gasteiger partial charge >= 0.3 is 5.97 Å². The highest BCUT2D eigenvalue weighted by atomic mass is 32.2. The summed E-state index contributed by atoms with van der Waals surface area (Å²) in [6, 6.07) is 28.6. The summed E-state index contributed by atoms with van der Waals surface area (Å²) in [6.07, 6.45) is 1.05. The SMILES string of the molecule is CC(=O)N[C@@H](CSC(c1ccccc1)(c1ccccc1)c1ccccc1)C(=O)N1CCC[C@H]1C(=O)O. The Kier molecular flexibility index (Phi) is 8.10. The monoisotopic (exact) mass is 502 g/mol. The second kappa shape index (κ2) is 11.4. The average molecular weight is 503 g/mol. The van der Waals surface area contributed by atoms with Crippen molar-refractivity contribution in [2.45, 2.75) is 36.6 Å². The smallest absolute Gasteiger partial charge is 0.326 e. The standard InChI is InChI=1S/C29H30N2O4S/c1-21(32)30-25(27(33)31-19-11-18-26(31)28(34)35)20-36-29(22-12-5-2-6-13-22,23-14-7-3-8-15-23)24-16-9-4-10-17-24/h2-10,12-17,25-26H,11,18-20H2,1H3,(H,30,32)(H,34,35)/t25-,26-/m0/s1. The van der Waals surface area contributed by atoms with Gasteiger partial charge in [-0.05, 0) is 29.5 Å². The normalized spacial score (nSPS) is 16.4. The quantitative estimate of drug-likeness (QED) is 0.426. The van der Waals surface area contributed by atoms with Crippen LogP contribution in [0.15, 0.2) is 91.0 Å². The number of aliphatic carboxylic acids is 1. The highest BCUT2D eigenvalue weighted by Crippen LogP contribution is 2.48. The minimum atomic E-state index is -1.01. The third kappa shape index (κ3) is 5.31. The molecule has 0 unspecified atom stereocenters. The lowest BCUT2D eigenvalue weighted by Crippen LogP contribution is -2.52. The van der Waals surface area contributed by atoms with Gasteiger partial charge < -0.3 is 15.3 Å². The number of carboxylic acids is 1. The average Bonchev–Trinajstić information content (AvgIpc) is 3.40. The highest BCUT2D eigenvalue weighted by Gasteiger charge is 2.41. The molecule has 1 aliphatic rings. The summed E-state index contributed by atoms with van der Waals surface area (Å²) in [7, 11) is 0. The Bertz CT molecular complexity index is 1090. The topological polar surface area (TPSA) is 86.7 Å². The molecule has 36 heavy (non-hydrogen) atoms. The summed E-state index contributed by atoms with van der Waals surface area (Å²) < 4.78 is -0.655. The largest absolute Gasteiger partial charge is 0.480 e. The Morgan fingerprint density at radius 2 is 1.39 bits per heavy atom. The molecular weight excluding hydrogens is 472 g/mol. The van der Waals surface area contributed by atoms with Crippen molar-refractivity contribution in [3.8, 4) is 0 Å². The summed E-state index contributed by atoms with van der Waals surface area (Å²) in [5.74, 6) is -1.43. The van der Waals surface area contributed by atoms with Crippen LogP contribution in [0.1, 0.15) is 36.5 Å². The van der Waals surface area contributed by atoms with Gasteiger partial charge in [0.2, 0.25) is 11.8 Å². The second-order valence-corrected chi connectivity index (χ2v) is 10.1. The molecule has 7 heteroatoms. The van der Waals surface area contributed by atoms with Crippen LogP contribution in [0.5, 0.6) is 0 Å². The van der Waals surface area contributed by atoms with Crippen molar-refractivity contribution in [3.05, 3.63) is 108 Å². The molecule has 0 saturated carbocycles. The van der Waals surface area contributed by atoms with Gasteiger partial charge in [0, 0.05) is 19.2 Å². The Balaban J connectivity index is 1.76. The minimum Gasteiger partial charge on any atom is -0.480 e. The van der Waals surface area contributed by atoms with Gasteiger partial charge in [-0.25, -0.2) is 4.79 Å². The number of likely N-dealkylation sites (tertiary alicyclic amines) is 1. The molecule has 0 spiro atoms. The number of nitrogens with one attached hydrogen (secondary N) is 1. The molecular formula is C29H30N2O4S. The van der Waals surface area contributed by atoms with Crippen LogP contribution in [-0.2, 0) is 19.1 Å². The Hall–Kier alpha value is -3.58. The fraction of sp³-hybridized carbons (Fsp3) is 0.276. The van der Waals surface area contributed by atoms with Crippen molar-refractivity contribution >= 4 is 29.5 Å². The van der Waals surface area contributed by atoms with Crippen molar-refractivity contribution in [1.82, 2.24) is 10.2 Å². The summed E-state index contributed by atoms with van der Waals surface area (Å²) in [6.45, 7) is 1.75. The first kappa shape index (κ1) is 25.5. The Morgan fingerprint density at radius 3 is 1.81 bits per heavy atom. The van der Waals surface area contributed by atoms with Gasteiger partial charge in [0.1, 0.15) is 12.1 Å². The molecule has 0 aromatic heterocycles. The van der Waals surface area contributed by atoms with Crippen LogP contribution in [0.3, 0.4) is 0 Å². The van der Waals surface area contributed by atoms with E-state index in [9.17, 15) is 19.5 Å². The number of rotatable bonds is 9. The predicted molar refractivity (Wildman–Crippen MR) is 142 cm³/mol. The molecule has 1 heterocycles. The van der Waals surface area contributed by atoms with E-state index in [-0.39, 0.29) is 17.6 Å². The number of carboxylic acid groups (broad SMARTS) is 1. The van der Waals surface area contributed by atoms with E-state index >= 15 is 0 Å². The van der Waals surface area contributed by atoms with E-state index in [0.29, 0.717) is 19.4 Å². The van der Waals surface area contributed by atoms with E-state index in [2.05, 4.69) is 41.7 Å². The zero-order valence-electron chi connectivity index (χ0n) is 20.2. The first-order chi connectivity index (χ1) is 17.4. The molecule has 0 aliphatic carbocycles. The van der Waals surface area contributed by atoms with Crippen LogP contribution in [0, 0.1) is 0 Å². The van der Waals surface area contributed by atoms with E-state index in [1.165, 1.54) is 11.8 Å². The number of hydrogen-bond donors (Lipinski definition) is 2. The molecule has 6 nitrogen and oxygen atoms in total. The first-order valence-electron chi connectivity index (χ1n) is 12.0. The van der Waals surface area contributed by atoms with E-state index in [0.717, 1.165) is 16.7 Å². The maximum absolute atomic E-state index is 13.6. The molecule has 1 saturated heterocycles. The van der Waals surface area contributed by atoms with Crippen LogP contribution >= 0.6 is 11.8 Å².